The van der Waals surface area contributed by atoms with E-state index in [-0.39, 0.29) is 0 Å². The van der Waals surface area contributed by atoms with Crippen molar-refractivity contribution in [2.75, 3.05) is 51.6 Å². The number of nitrogens with one attached hydrogen (secondary N) is 1. The van der Waals surface area contributed by atoms with Crippen molar-refractivity contribution in [2.24, 2.45) is 0 Å². The van der Waals surface area contributed by atoms with E-state index >= 15 is 0 Å². The van der Waals surface area contributed by atoms with Crippen LogP contribution in [0.25, 0.3) is 10.9 Å². The van der Waals surface area contributed by atoms with E-state index in [2.05, 4.69) is 46.4 Å². The molecule has 1 aliphatic carbocycles. The summed E-state index contributed by atoms with van der Waals surface area (Å²) in [6.45, 7) is 6.44. The fraction of sp³-hybridized carbons (Fsp3) is 0.333. The number of benzene rings is 1. The normalized spacial score (nSPS) is 20.8. The summed E-state index contributed by atoms with van der Waals surface area (Å²) < 4.78 is 0. The highest BCUT2D eigenvalue weighted by atomic mass is 35.5. The number of aromatic nitrogens is 1. The molecule has 0 atom stereocenters. The van der Waals surface area contributed by atoms with Gasteiger partial charge in [-0.3, -0.25) is 4.98 Å². The third-order valence-electron chi connectivity index (χ3n) is 5.17. The smallest absolute Gasteiger partial charge is 0.0737 e. The summed E-state index contributed by atoms with van der Waals surface area (Å²) in [5.41, 5.74) is 2.01. The van der Waals surface area contributed by atoms with E-state index in [1.807, 2.05) is 30.5 Å². The van der Waals surface area contributed by atoms with Gasteiger partial charge >= 0.3 is 0 Å². The molecule has 1 aliphatic heterocycles. The lowest BCUT2D eigenvalue weighted by molar-refractivity contribution is 0.160. The largest absolute Gasteiger partial charge is 0.384 e. The van der Waals surface area contributed by atoms with Crippen LogP contribution in [0.4, 0.5) is 5.69 Å². The van der Waals surface area contributed by atoms with Gasteiger partial charge in [-0.15, -0.1) is 0 Å². The van der Waals surface area contributed by atoms with Crippen LogP contribution >= 0.6 is 11.6 Å². The molecule has 135 valence electrons. The lowest BCUT2D eigenvalue weighted by Gasteiger charge is -2.34. The van der Waals surface area contributed by atoms with E-state index in [1.54, 1.807) is 0 Å². The molecule has 0 unspecified atom stereocenters. The summed E-state index contributed by atoms with van der Waals surface area (Å²) in [5.74, 6) is 2.78. The molecule has 5 radical (unpaired) electrons. The molecular weight excluding hydrogens is 344 g/mol. The molecule has 0 bridgehead atoms. The first-order chi connectivity index (χ1) is 12.7. The van der Waals surface area contributed by atoms with Crippen molar-refractivity contribution < 1.29 is 0 Å². The summed E-state index contributed by atoms with van der Waals surface area (Å²) in [7, 11) is 2.20. The van der Waals surface area contributed by atoms with Gasteiger partial charge in [0.05, 0.1) is 5.52 Å². The van der Waals surface area contributed by atoms with Crippen molar-refractivity contribution in [2.45, 2.75) is 0 Å². The van der Waals surface area contributed by atoms with Crippen LogP contribution in [-0.2, 0) is 0 Å². The second-order valence-corrected chi connectivity index (χ2v) is 7.47. The van der Waals surface area contributed by atoms with Crippen LogP contribution < -0.4 is 5.32 Å². The van der Waals surface area contributed by atoms with Gasteiger partial charge in [0.25, 0.3) is 0 Å². The highest BCUT2D eigenvalue weighted by Crippen LogP contribution is 2.34. The zero-order valence-corrected chi connectivity index (χ0v) is 15.8. The van der Waals surface area contributed by atoms with Crippen molar-refractivity contribution in [1.29, 1.82) is 0 Å². The average Bonchev–Trinajstić information content (AvgIpc) is 3.08. The minimum atomic E-state index is 0.715. The summed E-state index contributed by atoms with van der Waals surface area (Å²) in [5, 5.41) is 5.40. The first kappa shape index (κ1) is 18.0. The number of nitrogens with zero attached hydrogens (tertiary/aromatic N) is 3. The zero-order valence-electron chi connectivity index (χ0n) is 15.1. The van der Waals surface area contributed by atoms with Gasteiger partial charge in [0.2, 0.25) is 0 Å². The van der Waals surface area contributed by atoms with Crippen LogP contribution in [0.5, 0.6) is 0 Å². The Bertz CT molecular complexity index is 742. The molecule has 5 heteroatoms. The molecule has 1 saturated carbocycles. The Morgan fingerprint density at radius 3 is 2.73 bits per heavy atom. The van der Waals surface area contributed by atoms with Crippen LogP contribution in [0, 0.1) is 31.1 Å². The molecular formula is C21H24ClN4. The highest BCUT2D eigenvalue weighted by Gasteiger charge is 2.31. The number of piperazine rings is 1. The van der Waals surface area contributed by atoms with E-state index < -0.39 is 0 Å². The predicted octanol–water partition coefficient (Wildman–Crippen LogP) is 3.32. The fourth-order valence-corrected chi connectivity index (χ4v) is 3.70. The van der Waals surface area contributed by atoms with Crippen LogP contribution in [0.15, 0.2) is 30.5 Å². The SMILES string of the molecule is CN1CCN(C[C]2[CH][CH][CH][C]2CNc2ccnc3cc(Cl)ccc23)CC1. The summed E-state index contributed by atoms with van der Waals surface area (Å²) in [4.78, 5) is 9.35. The Morgan fingerprint density at radius 2 is 1.88 bits per heavy atom. The number of rotatable bonds is 5. The van der Waals surface area contributed by atoms with Crippen molar-refractivity contribution in [3.63, 3.8) is 0 Å². The van der Waals surface area contributed by atoms with Gasteiger partial charge in [-0.2, -0.15) is 0 Å². The fourth-order valence-electron chi connectivity index (χ4n) is 3.53. The van der Waals surface area contributed by atoms with Crippen LogP contribution in [0.3, 0.4) is 0 Å². The molecule has 26 heavy (non-hydrogen) atoms. The molecule has 2 fully saturated rings. The van der Waals surface area contributed by atoms with Crippen LogP contribution in [-0.4, -0.2) is 61.1 Å². The average molecular weight is 368 g/mol. The second kappa shape index (κ2) is 8.12. The minimum Gasteiger partial charge on any atom is -0.384 e. The summed E-state index contributed by atoms with van der Waals surface area (Å²) >= 11 is 6.08. The first-order valence-corrected chi connectivity index (χ1v) is 9.49. The number of likely N-dealkylation sites (N-methyl/N-ethyl adjacent to an activating group) is 1. The number of hydrogen-bond donors (Lipinski definition) is 1. The monoisotopic (exact) mass is 367 g/mol. The maximum absolute atomic E-state index is 6.08. The quantitative estimate of drug-likeness (QED) is 0.878. The molecule has 1 aromatic carbocycles. The zero-order chi connectivity index (χ0) is 17.9. The van der Waals surface area contributed by atoms with Crippen molar-refractivity contribution in [3.8, 4) is 0 Å². The number of hydrogen-bond acceptors (Lipinski definition) is 4. The molecule has 0 amide bonds. The van der Waals surface area contributed by atoms with Crippen LogP contribution in [0.1, 0.15) is 0 Å². The predicted molar refractivity (Wildman–Crippen MR) is 109 cm³/mol. The van der Waals surface area contributed by atoms with Gasteiger partial charge in [-0.25, -0.2) is 0 Å². The maximum atomic E-state index is 6.08. The number of fused-ring (bicyclic) bond motifs is 1. The molecule has 1 saturated heterocycles. The Hall–Kier alpha value is -1.36. The number of anilines is 1. The van der Waals surface area contributed by atoms with Crippen molar-refractivity contribution in [1.82, 2.24) is 14.8 Å². The Labute approximate surface area is 161 Å². The van der Waals surface area contributed by atoms with E-state index in [4.69, 9.17) is 11.6 Å². The highest BCUT2D eigenvalue weighted by molar-refractivity contribution is 6.31. The standard InChI is InChI=1S/C21H24ClN4/c1-25-9-11-26(12-10-25)15-17-4-2-3-16(17)14-24-20-7-8-23-21-13-18(22)5-6-19(20)21/h2-8,13H,9-12,14-15H2,1H3,(H,23,24). The minimum absolute atomic E-state index is 0.715. The molecule has 4 nitrogen and oxygen atoms in total. The topological polar surface area (TPSA) is 31.4 Å². The molecule has 2 heterocycles. The van der Waals surface area contributed by atoms with Gasteiger partial charge in [0, 0.05) is 73.4 Å². The van der Waals surface area contributed by atoms with Gasteiger partial charge in [0.1, 0.15) is 0 Å². The Morgan fingerprint density at radius 1 is 1.08 bits per heavy atom. The second-order valence-electron chi connectivity index (χ2n) is 7.03. The summed E-state index contributed by atoms with van der Waals surface area (Å²) in [6.07, 6.45) is 8.46. The molecule has 2 aliphatic rings. The molecule has 1 N–H and O–H groups in total. The van der Waals surface area contributed by atoms with E-state index in [0.29, 0.717) is 5.02 Å². The molecule has 2 aromatic rings. The number of halogens is 1. The van der Waals surface area contributed by atoms with E-state index in [0.717, 1.165) is 55.9 Å². The number of pyridine rings is 1. The first-order valence-electron chi connectivity index (χ1n) is 9.11. The lowest BCUT2D eigenvalue weighted by atomic mass is 9.95. The third kappa shape index (κ3) is 4.13. The van der Waals surface area contributed by atoms with E-state index in [9.17, 15) is 0 Å². The van der Waals surface area contributed by atoms with E-state index in [1.165, 1.54) is 11.8 Å². The summed E-state index contributed by atoms with van der Waals surface area (Å²) in [6, 6.07) is 7.88. The maximum Gasteiger partial charge on any atom is 0.0737 e. The van der Waals surface area contributed by atoms with Gasteiger partial charge in [-0.05, 0) is 50.6 Å². The van der Waals surface area contributed by atoms with Gasteiger partial charge in [-0.1, -0.05) is 11.6 Å². The molecule has 1 aromatic heterocycles. The molecule has 4 rings (SSSR count). The Balaban J connectivity index is 1.38. The van der Waals surface area contributed by atoms with Gasteiger partial charge < -0.3 is 15.1 Å². The lowest BCUT2D eigenvalue weighted by Crippen LogP contribution is -2.46. The molecule has 0 spiro atoms. The van der Waals surface area contributed by atoms with Crippen molar-refractivity contribution in [3.05, 3.63) is 66.6 Å². The Kier molecular flexibility index (Phi) is 5.63. The van der Waals surface area contributed by atoms with Gasteiger partial charge in [0.15, 0.2) is 0 Å². The van der Waals surface area contributed by atoms with Crippen molar-refractivity contribution >= 4 is 28.2 Å². The van der Waals surface area contributed by atoms with Crippen LogP contribution in [0.2, 0.25) is 5.02 Å². The third-order valence-corrected chi connectivity index (χ3v) is 5.41.